The minimum Gasteiger partial charge on any atom is -0.480 e. The van der Waals surface area contributed by atoms with E-state index >= 15 is 0 Å². The van der Waals surface area contributed by atoms with E-state index in [4.69, 9.17) is 9.47 Å². The molecule has 1 aliphatic heterocycles. The number of ketones is 1. The van der Waals surface area contributed by atoms with Gasteiger partial charge in [-0.2, -0.15) is 0 Å². The van der Waals surface area contributed by atoms with Gasteiger partial charge in [-0.25, -0.2) is 9.37 Å². The molecule has 2 fully saturated rings. The topological polar surface area (TPSA) is 68.7 Å². The number of pyridine rings is 1. The average Bonchev–Trinajstić information content (AvgIpc) is 3.38. The summed E-state index contributed by atoms with van der Waals surface area (Å²) in [5.74, 6) is 0.873. The number of carbonyl (C=O) groups is 2. The Bertz CT molecular complexity index is 989. The Balaban J connectivity index is 1.29. The summed E-state index contributed by atoms with van der Waals surface area (Å²) >= 11 is 0. The number of ether oxygens (including phenoxy) is 2. The fraction of sp³-hybridized carbons (Fsp3) is 0.409. The van der Waals surface area contributed by atoms with Crippen molar-refractivity contribution < 1.29 is 23.5 Å². The van der Waals surface area contributed by atoms with Crippen LogP contribution >= 0.6 is 0 Å². The summed E-state index contributed by atoms with van der Waals surface area (Å²) in [6.07, 6.45) is 4.54. The molecule has 150 valence electrons. The molecule has 2 aliphatic carbocycles. The van der Waals surface area contributed by atoms with Crippen molar-refractivity contribution >= 4 is 17.4 Å². The Morgan fingerprint density at radius 3 is 2.83 bits per heavy atom. The van der Waals surface area contributed by atoms with E-state index in [1.165, 1.54) is 23.8 Å². The molecule has 5 rings (SSSR count). The van der Waals surface area contributed by atoms with E-state index in [0.717, 1.165) is 0 Å². The predicted molar refractivity (Wildman–Crippen MR) is 103 cm³/mol. The molecule has 1 saturated carbocycles. The number of nitrogens with zero attached hydrogens (tertiary/aromatic N) is 2. The average molecular weight is 396 g/mol. The smallest absolute Gasteiger partial charge is 0.268 e. The maximum atomic E-state index is 14.4. The Morgan fingerprint density at radius 2 is 2.00 bits per heavy atom. The number of benzene rings is 1. The maximum Gasteiger partial charge on any atom is 0.268 e. The zero-order chi connectivity index (χ0) is 20.0. The second-order valence-corrected chi connectivity index (χ2v) is 7.85. The zero-order valence-electron chi connectivity index (χ0n) is 15.9. The van der Waals surface area contributed by atoms with E-state index < -0.39 is 11.9 Å². The summed E-state index contributed by atoms with van der Waals surface area (Å²) in [5.41, 5.74) is 1.26. The highest BCUT2D eigenvalue weighted by Gasteiger charge is 2.36. The van der Waals surface area contributed by atoms with Crippen molar-refractivity contribution in [2.45, 2.75) is 38.2 Å². The first-order valence-corrected chi connectivity index (χ1v) is 10.0. The van der Waals surface area contributed by atoms with Gasteiger partial charge in [0, 0.05) is 42.9 Å². The number of amides is 1. The maximum absolute atomic E-state index is 14.4. The van der Waals surface area contributed by atoms with Gasteiger partial charge in [-0.05, 0) is 48.9 Å². The molecule has 0 spiro atoms. The van der Waals surface area contributed by atoms with Crippen LogP contribution in [-0.4, -0.2) is 35.9 Å². The van der Waals surface area contributed by atoms with Crippen LogP contribution in [0.1, 0.15) is 41.6 Å². The van der Waals surface area contributed by atoms with Gasteiger partial charge in [0.25, 0.3) is 5.91 Å². The number of aromatic nitrogens is 1. The number of hydrogen-bond donors (Lipinski definition) is 0. The number of carbonyl (C=O) groups excluding carboxylic acids is 2. The lowest BCUT2D eigenvalue weighted by atomic mass is 10.1. The van der Waals surface area contributed by atoms with Crippen molar-refractivity contribution in [1.29, 1.82) is 0 Å². The van der Waals surface area contributed by atoms with Gasteiger partial charge in [0.2, 0.25) is 5.88 Å². The van der Waals surface area contributed by atoms with Crippen molar-refractivity contribution in [2.75, 3.05) is 18.1 Å². The number of anilines is 1. The van der Waals surface area contributed by atoms with Crippen LogP contribution in [0.25, 0.3) is 0 Å². The third-order valence-electron chi connectivity index (χ3n) is 5.70. The third kappa shape index (κ3) is 3.57. The largest absolute Gasteiger partial charge is 0.480 e. The van der Waals surface area contributed by atoms with Gasteiger partial charge in [0.15, 0.2) is 11.9 Å². The van der Waals surface area contributed by atoms with Crippen LogP contribution in [0.15, 0.2) is 30.5 Å². The molecule has 1 aromatic carbocycles. The summed E-state index contributed by atoms with van der Waals surface area (Å²) in [5, 5.41) is 0. The standard InChI is InChI=1S/C22H21FN2O4/c23-18-10-14(9-17-16(18)3-4-19(17)26)25-8-6-20(22(25)27)29-15-5-7-24-21(11-15)28-12-13-1-2-13/h5,7,9-11,13,20H,1-4,6,8,12H2/t20-/m1/s1. The van der Waals surface area contributed by atoms with E-state index in [0.29, 0.717) is 66.8 Å². The molecular formula is C22H21FN2O4. The Labute approximate surface area is 167 Å². The first-order valence-electron chi connectivity index (χ1n) is 10.0. The molecular weight excluding hydrogens is 375 g/mol. The second-order valence-electron chi connectivity index (χ2n) is 7.85. The van der Waals surface area contributed by atoms with Crippen molar-refractivity contribution in [3.63, 3.8) is 0 Å². The molecule has 0 N–H and O–H groups in total. The normalized spacial score (nSPS) is 20.9. The molecule has 29 heavy (non-hydrogen) atoms. The summed E-state index contributed by atoms with van der Waals surface area (Å²) in [4.78, 5) is 30.5. The molecule has 2 heterocycles. The highest BCUT2D eigenvalue weighted by Crippen LogP contribution is 2.33. The van der Waals surface area contributed by atoms with Crippen LogP contribution in [0, 0.1) is 11.7 Å². The first kappa shape index (κ1) is 18.1. The van der Waals surface area contributed by atoms with Gasteiger partial charge in [0.05, 0.1) is 6.61 Å². The van der Waals surface area contributed by atoms with E-state index in [1.54, 1.807) is 24.4 Å². The monoisotopic (exact) mass is 396 g/mol. The quantitative estimate of drug-likeness (QED) is 0.749. The molecule has 0 radical (unpaired) electrons. The van der Waals surface area contributed by atoms with Gasteiger partial charge < -0.3 is 14.4 Å². The van der Waals surface area contributed by atoms with E-state index in [-0.39, 0.29) is 11.7 Å². The third-order valence-corrected chi connectivity index (χ3v) is 5.70. The molecule has 0 bridgehead atoms. The molecule has 7 heteroatoms. The van der Waals surface area contributed by atoms with Crippen LogP contribution in [0.3, 0.4) is 0 Å². The SMILES string of the molecule is O=C1CCc2c(F)cc(N3CC[C@@H](Oc4ccnc(OCC5CC5)c4)C3=O)cc21. The van der Waals surface area contributed by atoms with E-state index in [2.05, 4.69) is 4.98 Å². The number of hydrogen-bond acceptors (Lipinski definition) is 5. The van der Waals surface area contributed by atoms with Crippen LogP contribution in [0.5, 0.6) is 11.6 Å². The fourth-order valence-corrected chi connectivity index (χ4v) is 3.87. The minimum atomic E-state index is -0.666. The van der Waals surface area contributed by atoms with Gasteiger partial charge in [-0.15, -0.1) is 0 Å². The molecule has 1 saturated heterocycles. The Kier molecular flexibility index (Phi) is 4.45. The summed E-state index contributed by atoms with van der Waals surface area (Å²) < 4.78 is 25.9. The molecule has 6 nitrogen and oxygen atoms in total. The van der Waals surface area contributed by atoms with Crippen LogP contribution in [-0.2, 0) is 11.2 Å². The fourth-order valence-electron chi connectivity index (χ4n) is 3.87. The summed E-state index contributed by atoms with van der Waals surface area (Å²) in [6.45, 7) is 1.06. The highest BCUT2D eigenvalue weighted by molar-refractivity contribution is 6.04. The van der Waals surface area contributed by atoms with Gasteiger partial charge >= 0.3 is 0 Å². The Hall–Kier alpha value is -2.96. The van der Waals surface area contributed by atoms with Crippen molar-refractivity contribution in [3.8, 4) is 11.6 Å². The lowest BCUT2D eigenvalue weighted by molar-refractivity contribution is -0.122. The number of fused-ring (bicyclic) bond motifs is 1. The summed E-state index contributed by atoms with van der Waals surface area (Å²) in [6, 6.07) is 6.35. The highest BCUT2D eigenvalue weighted by atomic mass is 19.1. The zero-order valence-corrected chi connectivity index (χ0v) is 15.9. The van der Waals surface area contributed by atoms with Crippen LogP contribution in [0.2, 0.25) is 0 Å². The lowest BCUT2D eigenvalue weighted by Crippen LogP contribution is -2.32. The van der Waals surface area contributed by atoms with Gasteiger partial charge in [-0.1, -0.05) is 0 Å². The molecule has 1 atom stereocenters. The van der Waals surface area contributed by atoms with Crippen LogP contribution in [0.4, 0.5) is 10.1 Å². The van der Waals surface area contributed by atoms with Crippen molar-refractivity contribution in [1.82, 2.24) is 4.98 Å². The minimum absolute atomic E-state index is 0.0734. The van der Waals surface area contributed by atoms with E-state index in [9.17, 15) is 14.0 Å². The van der Waals surface area contributed by atoms with Crippen molar-refractivity contribution in [2.24, 2.45) is 5.92 Å². The molecule has 0 unspecified atom stereocenters. The van der Waals surface area contributed by atoms with E-state index in [1.807, 2.05) is 0 Å². The van der Waals surface area contributed by atoms with Crippen LogP contribution < -0.4 is 14.4 Å². The molecule has 1 amide bonds. The number of rotatable bonds is 6. The molecule has 3 aliphatic rings. The first-order chi connectivity index (χ1) is 14.1. The Morgan fingerprint density at radius 1 is 1.14 bits per heavy atom. The lowest BCUT2D eigenvalue weighted by Gasteiger charge is -2.18. The molecule has 1 aromatic heterocycles. The van der Waals surface area contributed by atoms with Gasteiger partial charge in [0.1, 0.15) is 11.6 Å². The second kappa shape index (κ2) is 7.13. The summed E-state index contributed by atoms with van der Waals surface area (Å²) in [7, 11) is 0. The van der Waals surface area contributed by atoms with Gasteiger partial charge in [-0.3, -0.25) is 9.59 Å². The van der Waals surface area contributed by atoms with Crippen molar-refractivity contribution in [3.05, 3.63) is 47.4 Å². The predicted octanol–water partition coefficient (Wildman–Crippen LogP) is 3.32. The number of halogens is 1. The molecule has 2 aromatic rings. The number of Topliss-reactive ketones (excluding diaryl/α,β-unsaturated/α-hetero) is 1.